The van der Waals surface area contributed by atoms with Crippen molar-refractivity contribution in [3.63, 3.8) is 0 Å². The first-order valence-electron chi connectivity index (χ1n) is 12.2. The Morgan fingerprint density at radius 2 is 2.09 bits per heavy atom. The van der Waals surface area contributed by atoms with E-state index in [2.05, 4.69) is 18.3 Å². The van der Waals surface area contributed by atoms with Gasteiger partial charge in [0.25, 0.3) is 0 Å². The molecule has 1 aliphatic heterocycles. The Morgan fingerprint density at radius 1 is 1.26 bits per heavy atom. The van der Waals surface area contributed by atoms with Gasteiger partial charge < -0.3 is 14.8 Å². The minimum Gasteiger partial charge on any atom is -0.446 e. The molecule has 1 aromatic carbocycles. The number of fused-ring (bicyclic) bond motifs is 1. The Hall–Kier alpha value is -2.69. The summed E-state index contributed by atoms with van der Waals surface area (Å²) in [5.41, 5.74) is 2.83. The van der Waals surface area contributed by atoms with Gasteiger partial charge in [-0.2, -0.15) is 5.26 Å². The number of nitrogens with zero attached hydrogens (tertiary/aromatic N) is 1. The number of hydrogen-bond acceptors (Lipinski definition) is 6. The van der Waals surface area contributed by atoms with Crippen molar-refractivity contribution in [2.75, 3.05) is 13.2 Å². The van der Waals surface area contributed by atoms with Crippen molar-refractivity contribution in [1.82, 2.24) is 5.32 Å². The number of alkyl carbamates (subject to hydrolysis) is 1. The van der Waals surface area contributed by atoms with Crippen LogP contribution in [0.3, 0.4) is 0 Å². The number of carbonyl (C=O) groups is 2. The van der Waals surface area contributed by atoms with Gasteiger partial charge in [-0.25, -0.2) is 4.79 Å². The van der Waals surface area contributed by atoms with Gasteiger partial charge in [-0.3, -0.25) is 4.79 Å². The van der Waals surface area contributed by atoms with Crippen molar-refractivity contribution in [1.29, 1.82) is 5.26 Å². The molecule has 4 rings (SSSR count). The number of amides is 1. The number of nitrogens with one attached hydrogen (secondary N) is 1. The zero-order valence-corrected chi connectivity index (χ0v) is 20.5. The van der Waals surface area contributed by atoms with Crippen LogP contribution in [0.5, 0.6) is 0 Å². The number of rotatable bonds is 8. The highest BCUT2D eigenvalue weighted by Crippen LogP contribution is 2.36. The number of benzene rings is 1. The molecule has 0 saturated carbocycles. The van der Waals surface area contributed by atoms with Gasteiger partial charge in [0.15, 0.2) is 0 Å². The normalized spacial score (nSPS) is 20.6. The first-order chi connectivity index (χ1) is 16.5. The Morgan fingerprint density at radius 3 is 2.82 bits per heavy atom. The summed E-state index contributed by atoms with van der Waals surface area (Å²) in [6, 6.07) is 12.4. The smallest absolute Gasteiger partial charge is 0.407 e. The standard InChI is InChI=1S/C27H32N2O4S/c1-18(19-7-3-2-4-8-19)13-20(30)14-25-24(16-28)23-11-10-21(15-26(23)34-25)33-27(31)29-17-22-9-5-6-12-32-22/h2-4,7-8,18,21-22H,5-6,9-15,17H2,1H3,(H,29,31). The number of thiophene rings is 1. The largest absolute Gasteiger partial charge is 0.446 e. The number of ether oxygens (including phenoxy) is 2. The average Bonchev–Trinajstić information content (AvgIpc) is 3.19. The monoisotopic (exact) mass is 480 g/mol. The summed E-state index contributed by atoms with van der Waals surface area (Å²) >= 11 is 1.53. The molecule has 34 heavy (non-hydrogen) atoms. The zero-order valence-electron chi connectivity index (χ0n) is 19.7. The Bertz CT molecular complexity index is 1040. The molecule has 1 fully saturated rings. The van der Waals surface area contributed by atoms with E-state index in [1.165, 1.54) is 11.3 Å². The molecule has 7 heteroatoms. The van der Waals surface area contributed by atoms with E-state index >= 15 is 0 Å². The van der Waals surface area contributed by atoms with Gasteiger partial charge >= 0.3 is 6.09 Å². The van der Waals surface area contributed by atoms with Crippen LogP contribution in [0.25, 0.3) is 0 Å². The second kappa shape index (κ2) is 11.6. The van der Waals surface area contributed by atoms with Gasteiger partial charge in [-0.15, -0.1) is 11.3 Å². The van der Waals surface area contributed by atoms with Crippen molar-refractivity contribution in [3.05, 3.63) is 56.8 Å². The maximum absolute atomic E-state index is 12.8. The quantitative estimate of drug-likeness (QED) is 0.569. The highest BCUT2D eigenvalue weighted by molar-refractivity contribution is 7.12. The molecule has 1 amide bonds. The summed E-state index contributed by atoms with van der Waals surface area (Å²) in [7, 11) is 0. The van der Waals surface area contributed by atoms with Crippen LogP contribution in [0, 0.1) is 11.3 Å². The van der Waals surface area contributed by atoms with Crippen molar-refractivity contribution < 1.29 is 19.1 Å². The predicted octanol–water partition coefficient (Wildman–Crippen LogP) is 5.08. The molecule has 0 bridgehead atoms. The van der Waals surface area contributed by atoms with Gasteiger partial charge in [0, 0.05) is 42.2 Å². The summed E-state index contributed by atoms with van der Waals surface area (Å²) < 4.78 is 11.3. The lowest BCUT2D eigenvalue weighted by atomic mass is 9.91. The predicted molar refractivity (Wildman–Crippen MR) is 131 cm³/mol. The fraction of sp³-hybridized carbons (Fsp3) is 0.519. The topological polar surface area (TPSA) is 88.4 Å². The molecule has 3 atom stereocenters. The lowest BCUT2D eigenvalue weighted by Gasteiger charge is -2.25. The molecule has 1 saturated heterocycles. The molecule has 1 aromatic heterocycles. The molecule has 3 unspecified atom stereocenters. The lowest BCUT2D eigenvalue weighted by molar-refractivity contribution is -0.118. The van der Waals surface area contributed by atoms with Crippen LogP contribution in [0.2, 0.25) is 0 Å². The summed E-state index contributed by atoms with van der Waals surface area (Å²) in [5.74, 6) is 0.285. The number of nitriles is 1. The van der Waals surface area contributed by atoms with E-state index in [4.69, 9.17) is 9.47 Å². The highest BCUT2D eigenvalue weighted by Gasteiger charge is 2.29. The maximum Gasteiger partial charge on any atom is 0.407 e. The van der Waals surface area contributed by atoms with Crippen molar-refractivity contribution in [2.45, 2.75) is 76.4 Å². The minimum atomic E-state index is -0.412. The summed E-state index contributed by atoms with van der Waals surface area (Å²) in [5, 5.41) is 12.6. The van der Waals surface area contributed by atoms with E-state index in [9.17, 15) is 14.9 Å². The van der Waals surface area contributed by atoms with E-state index in [-0.39, 0.29) is 30.3 Å². The molecular formula is C27H32N2O4S. The maximum atomic E-state index is 12.8. The zero-order chi connectivity index (χ0) is 23.9. The Kier molecular flexibility index (Phi) is 8.36. The molecule has 0 spiro atoms. The lowest BCUT2D eigenvalue weighted by Crippen LogP contribution is -2.38. The first-order valence-corrected chi connectivity index (χ1v) is 13.0. The van der Waals surface area contributed by atoms with Crippen molar-refractivity contribution in [2.24, 2.45) is 0 Å². The Balaban J connectivity index is 1.32. The number of Topliss-reactive ketones (excluding diaryl/α,β-unsaturated/α-hetero) is 1. The van der Waals surface area contributed by atoms with Crippen molar-refractivity contribution >= 4 is 23.2 Å². The molecule has 2 aromatic rings. The third-order valence-electron chi connectivity index (χ3n) is 6.69. The number of ketones is 1. The molecule has 6 nitrogen and oxygen atoms in total. The molecule has 1 N–H and O–H groups in total. The molecule has 2 aliphatic rings. The average molecular weight is 481 g/mol. The van der Waals surface area contributed by atoms with Gasteiger partial charge in [-0.05, 0) is 49.1 Å². The first kappa shape index (κ1) is 24.4. The molecular weight excluding hydrogens is 448 g/mol. The molecule has 1 aliphatic carbocycles. The number of carbonyl (C=O) groups excluding carboxylic acids is 2. The van der Waals surface area contributed by atoms with E-state index < -0.39 is 6.09 Å². The molecule has 180 valence electrons. The summed E-state index contributed by atoms with van der Waals surface area (Å²) in [6.07, 6.45) is 5.31. The van der Waals surface area contributed by atoms with Crippen LogP contribution in [0.1, 0.15) is 71.4 Å². The van der Waals surface area contributed by atoms with Gasteiger partial charge in [0.1, 0.15) is 18.0 Å². The van der Waals surface area contributed by atoms with Gasteiger partial charge in [0.05, 0.1) is 11.7 Å². The van der Waals surface area contributed by atoms with Crippen LogP contribution in [-0.2, 0) is 33.5 Å². The van der Waals surface area contributed by atoms with Crippen LogP contribution < -0.4 is 5.32 Å². The van der Waals surface area contributed by atoms with E-state index in [0.29, 0.717) is 37.8 Å². The van der Waals surface area contributed by atoms with Crippen LogP contribution in [0.4, 0.5) is 4.79 Å². The summed E-state index contributed by atoms with van der Waals surface area (Å²) in [4.78, 5) is 27.0. The van der Waals surface area contributed by atoms with Crippen LogP contribution in [-0.4, -0.2) is 37.2 Å². The van der Waals surface area contributed by atoms with Gasteiger partial charge in [-0.1, -0.05) is 37.3 Å². The second-order valence-electron chi connectivity index (χ2n) is 9.28. The van der Waals surface area contributed by atoms with E-state index in [1.54, 1.807) is 0 Å². The van der Waals surface area contributed by atoms with Gasteiger partial charge in [0.2, 0.25) is 0 Å². The van der Waals surface area contributed by atoms with Crippen molar-refractivity contribution in [3.8, 4) is 6.07 Å². The molecule has 0 radical (unpaired) electrons. The highest BCUT2D eigenvalue weighted by atomic mass is 32.1. The second-order valence-corrected chi connectivity index (χ2v) is 10.5. The third-order valence-corrected chi connectivity index (χ3v) is 7.94. The molecule has 2 heterocycles. The Labute approximate surface area is 205 Å². The van der Waals surface area contributed by atoms with E-state index in [0.717, 1.165) is 46.8 Å². The number of hydrogen-bond donors (Lipinski definition) is 1. The summed E-state index contributed by atoms with van der Waals surface area (Å²) in [6.45, 7) is 3.29. The minimum absolute atomic E-state index is 0.0689. The SMILES string of the molecule is CC(CC(=O)Cc1sc2c(c1C#N)CCC(OC(=O)NCC1CCCCO1)C2)c1ccccc1. The fourth-order valence-electron chi connectivity index (χ4n) is 4.82. The van der Waals surface area contributed by atoms with Crippen LogP contribution >= 0.6 is 11.3 Å². The third kappa shape index (κ3) is 6.25. The van der Waals surface area contributed by atoms with E-state index in [1.807, 2.05) is 30.3 Å². The fourth-order valence-corrected chi connectivity index (χ4v) is 6.22. The van der Waals surface area contributed by atoms with Crippen LogP contribution in [0.15, 0.2) is 30.3 Å².